The molecule has 2 nitrogen and oxygen atoms in total. The Hall–Kier alpha value is -2.94. The van der Waals surface area contributed by atoms with Gasteiger partial charge in [-0.3, -0.25) is 4.40 Å². The Balaban J connectivity index is 1.78. The van der Waals surface area contributed by atoms with Gasteiger partial charge in [0, 0.05) is 11.8 Å². The van der Waals surface area contributed by atoms with Gasteiger partial charge in [-0.25, -0.2) is 4.98 Å². The maximum atomic E-state index is 14.4. The number of pyridine rings is 1. The first-order valence-corrected chi connectivity index (χ1v) is 7.11. The summed E-state index contributed by atoms with van der Waals surface area (Å²) in [6.45, 7) is 0. The molecule has 0 radical (unpaired) electrons. The van der Waals surface area contributed by atoms with Crippen LogP contribution in [0.5, 0.6) is 0 Å². The summed E-state index contributed by atoms with van der Waals surface area (Å²) in [5, 5.41) is 0. The molecule has 0 saturated carbocycles. The van der Waals surface area contributed by atoms with Crippen molar-refractivity contribution in [2.45, 2.75) is 0 Å². The third-order valence-corrected chi connectivity index (χ3v) is 3.74. The topological polar surface area (TPSA) is 17.3 Å². The number of hydrogen-bond acceptors (Lipinski definition) is 1. The number of fused-ring (bicyclic) bond motifs is 1. The molecule has 106 valence electrons. The Morgan fingerprint density at radius 3 is 2.05 bits per heavy atom. The first-order chi connectivity index (χ1) is 10.8. The predicted octanol–water partition coefficient (Wildman–Crippen LogP) is 4.81. The fourth-order valence-electron chi connectivity index (χ4n) is 2.60. The average molecular weight is 288 g/mol. The van der Waals surface area contributed by atoms with E-state index in [0.29, 0.717) is 11.3 Å². The van der Waals surface area contributed by atoms with Gasteiger partial charge in [0.25, 0.3) is 0 Å². The molecule has 4 rings (SSSR count). The van der Waals surface area contributed by atoms with Gasteiger partial charge >= 0.3 is 0 Å². The first kappa shape index (κ1) is 12.8. The molecule has 0 N–H and O–H groups in total. The quantitative estimate of drug-likeness (QED) is 0.517. The van der Waals surface area contributed by atoms with Crippen molar-refractivity contribution < 1.29 is 4.39 Å². The van der Waals surface area contributed by atoms with Gasteiger partial charge in [0.2, 0.25) is 5.95 Å². The summed E-state index contributed by atoms with van der Waals surface area (Å²) < 4.78 is 15.9. The van der Waals surface area contributed by atoms with Crippen LogP contribution >= 0.6 is 0 Å². The van der Waals surface area contributed by atoms with Gasteiger partial charge in [0.05, 0.1) is 0 Å². The van der Waals surface area contributed by atoms with E-state index in [2.05, 4.69) is 17.1 Å². The smallest absolute Gasteiger partial charge is 0.225 e. The van der Waals surface area contributed by atoms with Crippen molar-refractivity contribution in [2.75, 3.05) is 0 Å². The van der Waals surface area contributed by atoms with Crippen LogP contribution in [0.25, 0.3) is 28.0 Å². The number of rotatable bonds is 2. The Morgan fingerprint density at radius 2 is 1.32 bits per heavy atom. The summed E-state index contributed by atoms with van der Waals surface area (Å²) >= 11 is 0. The SMILES string of the molecule is Fc1c(-c2ccc(-c3ccccc3)cc2)nc2ccccn12. The molecule has 2 heterocycles. The number of aromatic nitrogens is 2. The average Bonchev–Trinajstić information content (AvgIpc) is 2.93. The van der Waals surface area contributed by atoms with Gasteiger partial charge in [-0.1, -0.05) is 60.7 Å². The lowest BCUT2D eigenvalue weighted by atomic mass is 10.0. The lowest BCUT2D eigenvalue weighted by molar-refractivity contribution is 0.576. The minimum Gasteiger partial charge on any atom is -0.276 e. The molecule has 2 aromatic carbocycles. The normalized spacial score (nSPS) is 11.0. The minimum absolute atomic E-state index is 0.330. The maximum Gasteiger partial charge on any atom is 0.225 e. The van der Waals surface area contributed by atoms with E-state index in [1.54, 1.807) is 18.3 Å². The number of hydrogen-bond donors (Lipinski definition) is 0. The molecule has 4 aromatic rings. The van der Waals surface area contributed by atoms with E-state index >= 15 is 0 Å². The Kier molecular flexibility index (Phi) is 2.97. The lowest BCUT2D eigenvalue weighted by Crippen LogP contribution is -1.87. The van der Waals surface area contributed by atoms with Crippen LogP contribution in [0.1, 0.15) is 0 Å². The molecule has 3 heteroatoms. The third kappa shape index (κ3) is 2.07. The highest BCUT2D eigenvalue weighted by Gasteiger charge is 2.13. The second-order valence-electron chi connectivity index (χ2n) is 5.12. The van der Waals surface area contributed by atoms with E-state index in [1.165, 1.54) is 4.40 Å². The highest BCUT2D eigenvalue weighted by Crippen LogP contribution is 2.26. The van der Waals surface area contributed by atoms with Gasteiger partial charge in [0.15, 0.2) is 0 Å². The van der Waals surface area contributed by atoms with Crippen LogP contribution in [0.4, 0.5) is 4.39 Å². The van der Waals surface area contributed by atoms with Crippen LogP contribution < -0.4 is 0 Å². The van der Waals surface area contributed by atoms with Crippen molar-refractivity contribution in [3.05, 3.63) is 84.9 Å². The van der Waals surface area contributed by atoms with E-state index in [4.69, 9.17) is 0 Å². The second kappa shape index (κ2) is 5.11. The van der Waals surface area contributed by atoms with Crippen LogP contribution in [-0.4, -0.2) is 9.38 Å². The molecule has 22 heavy (non-hydrogen) atoms. The highest BCUT2D eigenvalue weighted by molar-refractivity contribution is 5.70. The van der Waals surface area contributed by atoms with Crippen molar-refractivity contribution in [3.8, 4) is 22.4 Å². The molecule has 0 unspecified atom stereocenters. The largest absolute Gasteiger partial charge is 0.276 e. The maximum absolute atomic E-state index is 14.4. The molecule has 0 aliphatic carbocycles. The van der Waals surface area contributed by atoms with E-state index in [-0.39, 0.29) is 5.95 Å². The van der Waals surface area contributed by atoms with Gasteiger partial charge in [-0.05, 0) is 23.3 Å². The summed E-state index contributed by atoms with van der Waals surface area (Å²) in [6.07, 6.45) is 1.68. The molecule has 0 saturated heterocycles. The molecule has 0 aliphatic heterocycles. The van der Waals surface area contributed by atoms with Crippen molar-refractivity contribution in [2.24, 2.45) is 0 Å². The van der Waals surface area contributed by atoms with E-state index in [9.17, 15) is 4.39 Å². The van der Waals surface area contributed by atoms with Crippen molar-refractivity contribution >= 4 is 5.65 Å². The lowest BCUT2D eigenvalue weighted by Gasteiger charge is -2.03. The number of halogens is 1. The molecule has 0 bridgehead atoms. The van der Waals surface area contributed by atoms with E-state index < -0.39 is 0 Å². The van der Waals surface area contributed by atoms with Crippen LogP contribution in [0, 0.1) is 5.95 Å². The van der Waals surface area contributed by atoms with Crippen LogP contribution in [-0.2, 0) is 0 Å². The third-order valence-electron chi connectivity index (χ3n) is 3.74. The summed E-state index contributed by atoms with van der Waals surface area (Å²) in [4.78, 5) is 4.37. The Morgan fingerprint density at radius 1 is 0.682 bits per heavy atom. The first-order valence-electron chi connectivity index (χ1n) is 7.11. The number of benzene rings is 2. The van der Waals surface area contributed by atoms with Gasteiger partial charge in [-0.15, -0.1) is 0 Å². The van der Waals surface area contributed by atoms with Crippen molar-refractivity contribution in [1.82, 2.24) is 9.38 Å². The summed E-state index contributed by atoms with van der Waals surface area (Å²) in [6, 6.07) is 23.4. The highest BCUT2D eigenvalue weighted by atomic mass is 19.1. The molecule has 0 fully saturated rings. The monoisotopic (exact) mass is 288 g/mol. The molecule has 0 atom stereocenters. The fraction of sp³-hybridized carbons (Fsp3) is 0. The summed E-state index contributed by atoms with van der Waals surface area (Å²) in [5.74, 6) is -0.330. The zero-order valence-corrected chi connectivity index (χ0v) is 11.8. The Bertz CT molecular complexity index is 925. The summed E-state index contributed by atoms with van der Waals surface area (Å²) in [5.41, 5.74) is 4.02. The standard InChI is InChI=1S/C19H13FN2/c20-19-18(21-17-8-4-5-13-22(17)19)16-11-9-15(10-12-16)14-6-2-1-3-7-14/h1-13H. The molecule has 0 aliphatic rings. The molecule has 2 aromatic heterocycles. The second-order valence-corrected chi connectivity index (χ2v) is 5.12. The van der Waals surface area contributed by atoms with E-state index in [1.807, 2.05) is 48.5 Å². The number of imidazole rings is 1. The van der Waals surface area contributed by atoms with Crippen molar-refractivity contribution in [3.63, 3.8) is 0 Å². The van der Waals surface area contributed by atoms with Crippen LogP contribution in [0.2, 0.25) is 0 Å². The number of nitrogens with zero attached hydrogens (tertiary/aromatic N) is 2. The summed E-state index contributed by atoms with van der Waals surface area (Å²) in [7, 11) is 0. The van der Waals surface area contributed by atoms with Gasteiger partial charge < -0.3 is 0 Å². The molecular weight excluding hydrogens is 275 g/mol. The molecule has 0 spiro atoms. The van der Waals surface area contributed by atoms with Crippen LogP contribution in [0.15, 0.2) is 79.0 Å². The predicted molar refractivity (Wildman–Crippen MR) is 86.0 cm³/mol. The zero-order chi connectivity index (χ0) is 14.9. The zero-order valence-electron chi connectivity index (χ0n) is 11.8. The fourth-order valence-corrected chi connectivity index (χ4v) is 2.60. The molecular formula is C19H13FN2. The Labute approximate surface area is 127 Å². The van der Waals surface area contributed by atoms with Crippen molar-refractivity contribution in [1.29, 1.82) is 0 Å². The van der Waals surface area contributed by atoms with E-state index in [0.717, 1.165) is 16.7 Å². The minimum atomic E-state index is -0.330. The van der Waals surface area contributed by atoms with Gasteiger partial charge in [0.1, 0.15) is 11.3 Å². The molecule has 0 amide bonds. The van der Waals surface area contributed by atoms with Gasteiger partial charge in [-0.2, -0.15) is 4.39 Å². The van der Waals surface area contributed by atoms with Crippen LogP contribution in [0.3, 0.4) is 0 Å².